The van der Waals surface area contributed by atoms with Crippen molar-refractivity contribution in [3.63, 3.8) is 0 Å². The first-order valence-corrected chi connectivity index (χ1v) is 6.34. The summed E-state index contributed by atoms with van der Waals surface area (Å²) in [7, 11) is 1.93. The molecule has 19 heavy (non-hydrogen) atoms. The number of aryl methyl sites for hydroxylation is 4. The molecule has 3 rings (SSSR count). The molecule has 0 saturated heterocycles. The number of hydrogen-bond acceptors (Lipinski definition) is 3. The van der Waals surface area contributed by atoms with Crippen LogP contribution in [-0.2, 0) is 20.0 Å². The molecule has 2 aromatic heterocycles. The lowest BCUT2D eigenvalue weighted by Gasteiger charge is -2.05. The van der Waals surface area contributed by atoms with Crippen LogP contribution in [0.5, 0.6) is 0 Å². The molecule has 5 nitrogen and oxygen atoms in total. The summed E-state index contributed by atoms with van der Waals surface area (Å²) >= 11 is 0. The van der Waals surface area contributed by atoms with E-state index in [9.17, 15) is 0 Å². The summed E-state index contributed by atoms with van der Waals surface area (Å²) in [5, 5.41) is 4.40. The third kappa shape index (κ3) is 2.19. The highest BCUT2D eigenvalue weighted by molar-refractivity contribution is 5.79. The summed E-state index contributed by atoms with van der Waals surface area (Å²) in [6.45, 7) is 2.90. The molecule has 98 valence electrons. The Morgan fingerprint density at radius 1 is 1.26 bits per heavy atom. The number of hydrogen-bond donors (Lipinski definition) is 1. The average molecular weight is 255 g/mol. The Kier molecular flexibility index (Phi) is 2.74. The van der Waals surface area contributed by atoms with Gasteiger partial charge in [0.15, 0.2) is 0 Å². The predicted molar refractivity (Wildman–Crippen MR) is 75.8 cm³/mol. The van der Waals surface area contributed by atoms with Gasteiger partial charge in [-0.15, -0.1) is 0 Å². The van der Waals surface area contributed by atoms with Crippen molar-refractivity contribution < 1.29 is 0 Å². The minimum Gasteiger partial charge on any atom is -0.399 e. The van der Waals surface area contributed by atoms with E-state index in [1.54, 1.807) is 0 Å². The van der Waals surface area contributed by atoms with Crippen LogP contribution in [-0.4, -0.2) is 19.3 Å². The number of nitrogens with zero attached hydrogens (tertiary/aromatic N) is 4. The van der Waals surface area contributed by atoms with Crippen LogP contribution in [0, 0.1) is 6.92 Å². The van der Waals surface area contributed by atoms with Gasteiger partial charge in [-0.3, -0.25) is 4.68 Å². The van der Waals surface area contributed by atoms with E-state index in [1.165, 1.54) is 0 Å². The average Bonchev–Trinajstić information content (AvgIpc) is 2.89. The van der Waals surface area contributed by atoms with Crippen molar-refractivity contribution in [2.75, 3.05) is 5.73 Å². The van der Waals surface area contributed by atoms with Gasteiger partial charge >= 0.3 is 0 Å². The largest absolute Gasteiger partial charge is 0.399 e. The zero-order valence-corrected chi connectivity index (χ0v) is 11.2. The summed E-state index contributed by atoms with van der Waals surface area (Å²) in [4.78, 5) is 4.55. The molecular weight excluding hydrogens is 238 g/mol. The summed E-state index contributed by atoms with van der Waals surface area (Å²) in [5.74, 6) is 1.01. The van der Waals surface area contributed by atoms with Crippen molar-refractivity contribution in [2.45, 2.75) is 19.9 Å². The summed E-state index contributed by atoms with van der Waals surface area (Å²) in [6.07, 6.45) is 2.87. The Bertz CT molecular complexity index is 723. The number of benzene rings is 1. The molecule has 0 unspecified atom stereocenters. The number of aromatic nitrogens is 4. The number of imidazole rings is 1. The highest BCUT2D eigenvalue weighted by Crippen LogP contribution is 2.19. The maximum Gasteiger partial charge on any atom is 0.106 e. The third-order valence-electron chi connectivity index (χ3n) is 3.32. The second kappa shape index (κ2) is 4.42. The van der Waals surface area contributed by atoms with E-state index in [0.29, 0.717) is 0 Å². The van der Waals surface area contributed by atoms with Crippen LogP contribution in [0.4, 0.5) is 5.69 Å². The van der Waals surface area contributed by atoms with Gasteiger partial charge in [-0.2, -0.15) is 5.10 Å². The fourth-order valence-electron chi connectivity index (χ4n) is 2.37. The first-order chi connectivity index (χ1) is 9.13. The number of nitrogens with two attached hydrogens (primary N) is 1. The van der Waals surface area contributed by atoms with E-state index in [4.69, 9.17) is 5.73 Å². The van der Waals surface area contributed by atoms with Gasteiger partial charge in [0, 0.05) is 31.9 Å². The van der Waals surface area contributed by atoms with E-state index in [1.807, 2.05) is 49.1 Å². The Labute approximate surface area is 111 Å². The number of fused-ring (bicyclic) bond motifs is 1. The molecule has 2 N–H and O–H groups in total. The van der Waals surface area contributed by atoms with Crippen molar-refractivity contribution in [1.29, 1.82) is 0 Å². The SMILES string of the molecule is Cc1nc2cc(N)ccc2n1CCc1ccn(C)n1. The maximum atomic E-state index is 5.79. The first-order valence-electron chi connectivity index (χ1n) is 6.34. The normalized spacial score (nSPS) is 11.3. The van der Waals surface area contributed by atoms with Crippen LogP contribution in [0.25, 0.3) is 11.0 Å². The number of rotatable bonds is 3. The fraction of sp³-hybridized carbons (Fsp3) is 0.286. The Morgan fingerprint density at radius 2 is 2.11 bits per heavy atom. The Morgan fingerprint density at radius 3 is 2.84 bits per heavy atom. The topological polar surface area (TPSA) is 61.7 Å². The second-order valence-corrected chi connectivity index (χ2v) is 4.79. The van der Waals surface area contributed by atoms with Gasteiger partial charge in [0.1, 0.15) is 5.82 Å². The van der Waals surface area contributed by atoms with Gasteiger partial charge in [0.2, 0.25) is 0 Å². The number of anilines is 1. The molecule has 0 radical (unpaired) electrons. The summed E-state index contributed by atoms with van der Waals surface area (Å²) in [5.41, 5.74) is 9.72. The lowest BCUT2D eigenvalue weighted by Crippen LogP contribution is -2.04. The molecule has 0 saturated carbocycles. The van der Waals surface area contributed by atoms with E-state index in [-0.39, 0.29) is 0 Å². The quantitative estimate of drug-likeness (QED) is 0.727. The summed E-state index contributed by atoms with van der Waals surface area (Å²) in [6, 6.07) is 7.91. The van der Waals surface area contributed by atoms with Gasteiger partial charge in [-0.05, 0) is 31.2 Å². The molecule has 1 aromatic carbocycles. The van der Waals surface area contributed by atoms with E-state index in [2.05, 4.69) is 14.6 Å². The smallest absolute Gasteiger partial charge is 0.106 e. The van der Waals surface area contributed by atoms with Crippen LogP contribution >= 0.6 is 0 Å². The molecule has 0 spiro atoms. The maximum absolute atomic E-state index is 5.79. The Hall–Kier alpha value is -2.30. The van der Waals surface area contributed by atoms with Gasteiger partial charge in [0.25, 0.3) is 0 Å². The molecule has 0 aliphatic carbocycles. The van der Waals surface area contributed by atoms with Crippen LogP contribution in [0.3, 0.4) is 0 Å². The zero-order chi connectivity index (χ0) is 13.4. The van der Waals surface area contributed by atoms with Crippen molar-refractivity contribution in [3.05, 3.63) is 42.0 Å². The van der Waals surface area contributed by atoms with Gasteiger partial charge in [0.05, 0.1) is 16.7 Å². The molecule has 0 bridgehead atoms. The molecule has 0 atom stereocenters. The Balaban J connectivity index is 1.90. The van der Waals surface area contributed by atoms with Crippen LogP contribution < -0.4 is 5.73 Å². The molecule has 0 amide bonds. The lowest BCUT2D eigenvalue weighted by atomic mass is 10.2. The summed E-state index contributed by atoms with van der Waals surface area (Å²) < 4.78 is 4.04. The number of nitrogen functional groups attached to an aromatic ring is 1. The zero-order valence-electron chi connectivity index (χ0n) is 11.2. The predicted octanol–water partition coefficient (Wildman–Crippen LogP) is 1.90. The minimum atomic E-state index is 0.752. The van der Waals surface area contributed by atoms with Crippen molar-refractivity contribution in [2.24, 2.45) is 7.05 Å². The van der Waals surface area contributed by atoms with Gasteiger partial charge < -0.3 is 10.3 Å². The van der Waals surface area contributed by atoms with E-state index >= 15 is 0 Å². The van der Waals surface area contributed by atoms with Crippen LogP contribution in [0.15, 0.2) is 30.5 Å². The molecule has 2 heterocycles. The molecule has 3 aromatic rings. The van der Waals surface area contributed by atoms with Crippen molar-refractivity contribution in [3.8, 4) is 0 Å². The van der Waals surface area contributed by atoms with Crippen molar-refractivity contribution in [1.82, 2.24) is 19.3 Å². The molecule has 5 heteroatoms. The van der Waals surface area contributed by atoms with Crippen LogP contribution in [0.1, 0.15) is 11.5 Å². The van der Waals surface area contributed by atoms with E-state index in [0.717, 1.165) is 41.2 Å². The second-order valence-electron chi connectivity index (χ2n) is 4.79. The van der Waals surface area contributed by atoms with Crippen molar-refractivity contribution >= 4 is 16.7 Å². The fourth-order valence-corrected chi connectivity index (χ4v) is 2.37. The standard InChI is InChI=1S/C14H17N5/c1-10-16-13-9-11(15)3-4-14(13)19(10)8-6-12-5-7-18(2)17-12/h3-5,7,9H,6,8,15H2,1-2H3. The molecule has 0 aliphatic rings. The minimum absolute atomic E-state index is 0.752. The third-order valence-corrected chi connectivity index (χ3v) is 3.32. The first kappa shape index (κ1) is 11.8. The highest BCUT2D eigenvalue weighted by atomic mass is 15.2. The monoisotopic (exact) mass is 255 g/mol. The molecule has 0 fully saturated rings. The van der Waals surface area contributed by atoms with Gasteiger partial charge in [-0.1, -0.05) is 0 Å². The lowest BCUT2D eigenvalue weighted by molar-refractivity contribution is 0.663. The van der Waals surface area contributed by atoms with Crippen LogP contribution in [0.2, 0.25) is 0 Å². The van der Waals surface area contributed by atoms with Gasteiger partial charge in [-0.25, -0.2) is 4.98 Å². The highest BCUT2D eigenvalue weighted by Gasteiger charge is 2.08. The molecule has 0 aliphatic heterocycles. The molecular formula is C14H17N5. The van der Waals surface area contributed by atoms with E-state index < -0.39 is 0 Å².